The molecule has 0 spiro atoms. The van der Waals surface area contributed by atoms with Crippen LogP contribution in [0.3, 0.4) is 0 Å². The average Bonchev–Trinajstić information content (AvgIpc) is 2.92. The number of aromatic nitrogens is 2. The van der Waals surface area contributed by atoms with Crippen LogP contribution in [0.2, 0.25) is 5.02 Å². The van der Waals surface area contributed by atoms with Gasteiger partial charge in [0.1, 0.15) is 5.75 Å². The van der Waals surface area contributed by atoms with E-state index in [-0.39, 0.29) is 11.4 Å². The lowest BCUT2D eigenvalue weighted by atomic mass is 10.2. The average molecular weight is 288 g/mol. The number of halogens is 1. The van der Waals surface area contributed by atoms with Crippen LogP contribution in [0.5, 0.6) is 5.75 Å². The van der Waals surface area contributed by atoms with E-state index < -0.39 is 0 Å². The van der Waals surface area contributed by atoms with E-state index in [0.717, 1.165) is 5.56 Å². The van der Waals surface area contributed by atoms with Crippen molar-refractivity contribution in [3.05, 3.63) is 47.5 Å². The van der Waals surface area contributed by atoms with Crippen LogP contribution in [0, 0.1) is 0 Å². The molecule has 2 aromatic carbocycles. The van der Waals surface area contributed by atoms with Gasteiger partial charge in [-0.1, -0.05) is 28.9 Å². The van der Waals surface area contributed by atoms with E-state index in [1.165, 1.54) is 6.07 Å². The Morgan fingerprint density at radius 2 is 1.95 bits per heavy atom. The number of nitrogens with zero attached hydrogens (tertiary/aromatic N) is 2. The lowest BCUT2D eigenvalue weighted by Gasteiger charge is -1.99. The molecule has 0 aliphatic heterocycles. The Hall–Kier alpha value is -2.53. The number of phenolic OH excluding ortho intramolecular Hbond substituents is 1. The Morgan fingerprint density at radius 1 is 1.10 bits per heavy atom. The molecule has 0 fully saturated rings. The van der Waals surface area contributed by atoms with Crippen molar-refractivity contribution in [1.29, 1.82) is 0 Å². The number of anilines is 1. The van der Waals surface area contributed by atoms with Crippen LogP contribution >= 0.6 is 11.6 Å². The van der Waals surface area contributed by atoms with E-state index in [2.05, 4.69) is 10.1 Å². The monoisotopic (exact) mass is 287 g/mol. The summed E-state index contributed by atoms with van der Waals surface area (Å²) < 4.78 is 5.20. The van der Waals surface area contributed by atoms with Gasteiger partial charge >= 0.3 is 0 Å². The first kappa shape index (κ1) is 12.5. The van der Waals surface area contributed by atoms with Crippen molar-refractivity contribution in [1.82, 2.24) is 10.1 Å². The van der Waals surface area contributed by atoms with E-state index in [0.29, 0.717) is 22.3 Å². The summed E-state index contributed by atoms with van der Waals surface area (Å²) in [4.78, 5) is 4.29. The molecule has 0 atom stereocenters. The number of benzene rings is 2. The highest BCUT2D eigenvalue weighted by Gasteiger charge is 2.12. The van der Waals surface area contributed by atoms with E-state index in [1.54, 1.807) is 24.3 Å². The highest BCUT2D eigenvalue weighted by Crippen LogP contribution is 2.28. The Balaban J connectivity index is 1.99. The van der Waals surface area contributed by atoms with Gasteiger partial charge in [-0.25, -0.2) is 0 Å². The normalized spacial score (nSPS) is 10.7. The largest absolute Gasteiger partial charge is 0.506 e. The first-order valence-corrected chi connectivity index (χ1v) is 6.20. The van der Waals surface area contributed by atoms with Crippen LogP contribution in [-0.4, -0.2) is 15.2 Å². The molecule has 5 nitrogen and oxygen atoms in total. The molecular formula is C14H10ClN3O2. The first-order chi connectivity index (χ1) is 9.63. The summed E-state index contributed by atoms with van der Waals surface area (Å²) in [5.41, 5.74) is 7.30. The van der Waals surface area contributed by atoms with Gasteiger partial charge < -0.3 is 15.4 Å². The quantitative estimate of drug-likeness (QED) is 0.558. The smallest absolute Gasteiger partial charge is 0.258 e. The molecule has 3 rings (SSSR count). The summed E-state index contributed by atoms with van der Waals surface area (Å²) in [6.45, 7) is 0. The second-order valence-electron chi connectivity index (χ2n) is 4.21. The molecule has 0 unspecified atom stereocenters. The Labute approximate surface area is 119 Å². The van der Waals surface area contributed by atoms with Crippen molar-refractivity contribution < 1.29 is 9.63 Å². The molecule has 0 radical (unpaired) electrons. The lowest BCUT2D eigenvalue weighted by molar-refractivity contribution is 0.432. The van der Waals surface area contributed by atoms with Gasteiger partial charge in [-0.3, -0.25) is 0 Å². The van der Waals surface area contributed by atoms with E-state index in [1.807, 2.05) is 12.1 Å². The summed E-state index contributed by atoms with van der Waals surface area (Å²) in [6.07, 6.45) is 0. The van der Waals surface area contributed by atoms with Crippen molar-refractivity contribution >= 4 is 17.3 Å². The van der Waals surface area contributed by atoms with E-state index in [4.69, 9.17) is 21.9 Å². The van der Waals surface area contributed by atoms with Gasteiger partial charge in [0.25, 0.3) is 5.89 Å². The van der Waals surface area contributed by atoms with Gasteiger partial charge in [0.15, 0.2) is 0 Å². The van der Waals surface area contributed by atoms with Crippen LogP contribution in [0.15, 0.2) is 47.0 Å². The maximum Gasteiger partial charge on any atom is 0.258 e. The van der Waals surface area contributed by atoms with Crippen LogP contribution in [0.1, 0.15) is 0 Å². The van der Waals surface area contributed by atoms with Gasteiger partial charge in [-0.15, -0.1) is 0 Å². The zero-order valence-corrected chi connectivity index (χ0v) is 11.0. The molecular weight excluding hydrogens is 278 g/mol. The SMILES string of the molecule is Nc1cc(-c2nc(-c3cccc(Cl)c3)no2)ccc1O. The van der Waals surface area contributed by atoms with Gasteiger partial charge in [0.2, 0.25) is 5.82 Å². The molecule has 3 N–H and O–H groups in total. The molecule has 1 heterocycles. The molecule has 0 saturated carbocycles. The zero-order valence-electron chi connectivity index (χ0n) is 10.2. The molecule has 0 bridgehead atoms. The standard InChI is InChI=1S/C14H10ClN3O2/c15-10-3-1-2-8(6-10)13-17-14(20-18-13)9-4-5-12(19)11(16)7-9/h1-7,19H,16H2. The second kappa shape index (κ2) is 4.86. The van der Waals surface area contributed by atoms with Gasteiger partial charge in [0, 0.05) is 16.1 Å². The molecule has 3 aromatic rings. The van der Waals surface area contributed by atoms with Crippen LogP contribution in [-0.2, 0) is 0 Å². The summed E-state index contributed by atoms with van der Waals surface area (Å²) in [7, 11) is 0. The fraction of sp³-hybridized carbons (Fsp3) is 0. The van der Waals surface area contributed by atoms with Crippen LogP contribution in [0.4, 0.5) is 5.69 Å². The van der Waals surface area contributed by atoms with Crippen LogP contribution < -0.4 is 5.73 Å². The molecule has 0 amide bonds. The lowest BCUT2D eigenvalue weighted by Crippen LogP contribution is -1.87. The van der Waals surface area contributed by atoms with Gasteiger partial charge in [0.05, 0.1) is 5.69 Å². The van der Waals surface area contributed by atoms with Crippen LogP contribution in [0.25, 0.3) is 22.8 Å². The summed E-state index contributed by atoms with van der Waals surface area (Å²) in [5.74, 6) is 0.782. The summed E-state index contributed by atoms with van der Waals surface area (Å²) in [6, 6.07) is 11.9. The third kappa shape index (κ3) is 2.31. The first-order valence-electron chi connectivity index (χ1n) is 5.82. The fourth-order valence-electron chi connectivity index (χ4n) is 1.77. The number of hydrogen-bond donors (Lipinski definition) is 2. The molecule has 0 aliphatic rings. The number of phenols is 1. The minimum atomic E-state index is 0.0170. The van der Waals surface area contributed by atoms with Crippen molar-refractivity contribution in [3.8, 4) is 28.6 Å². The second-order valence-corrected chi connectivity index (χ2v) is 4.64. The minimum Gasteiger partial charge on any atom is -0.506 e. The molecule has 20 heavy (non-hydrogen) atoms. The predicted octanol–water partition coefficient (Wildman–Crippen LogP) is 3.34. The number of nitrogens with two attached hydrogens (primary N) is 1. The van der Waals surface area contributed by atoms with Crippen molar-refractivity contribution in [2.45, 2.75) is 0 Å². The third-order valence-electron chi connectivity index (χ3n) is 2.78. The molecule has 6 heteroatoms. The molecule has 0 saturated heterocycles. The zero-order chi connectivity index (χ0) is 14.1. The number of aromatic hydroxyl groups is 1. The molecule has 1 aromatic heterocycles. The van der Waals surface area contributed by atoms with Gasteiger partial charge in [-0.05, 0) is 30.3 Å². The van der Waals surface area contributed by atoms with Crippen molar-refractivity contribution in [2.75, 3.05) is 5.73 Å². The summed E-state index contributed by atoms with van der Waals surface area (Å²) in [5, 5.41) is 13.9. The van der Waals surface area contributed by atoms with Crippen molar-refractivity contribution in [3.63, 3.8) is 0 Å². The Bertz CT molecular complexity index is 771. The maximum absolute atomic E-state index is 9.40. The predicted molar refractivity (Wildman–Crippen MR) is 76.3 cm³/mol. The molecule has 0 aliphatic carbocycles. The highest BCUT2D eigenvalue weighted by molar-refractivity contribution is 6.30. The van der Waals surface area contributed by atoms with Gasteiger partial charge in [-0.2, -0.15) is 4.98 Å². The van der Waals surface area contributed by atoms with E-state index in [9.17, 15) is 5.11 Å². The topological polar surface area (TPSA) is 85.2 Å². The summed E-state index contributed by atoms with van der Waals surface area (Å²) >= 11 is 5.93. The fourth-order valence-corrected chi connectivity index (χ4v) is 1.96. The maximum atomic E-state index is 9.40. The molecule has 100 valence electrons. The number of rotatable bonds is 2. The number of hydrogen-bond acceptors (Lipinski definition) is 5. The Morgan fingerprint density at radius 3 is 2.70 bits per heavy atom. The Kier molecular flexibility index (Phi) is 3.04. The van der Waals surface area contributed by atoms with E-state index >= 15 is 0 Å². The number of nitrogen functional groups attached to an aromatic ring is 1. The minimum absolute atomic E-state index is 0.0170. The van der Waals surface area contributed by atoms with Crippen molar-refractivity contribution in [2.24, 2.45) is 0 Å². The highest BCUT2D eigenvalue weighted by atomic mass is 35.5. The third-order valence-corrected chi connectivity index (χ3v) is 3.02.